The molecule has 1 amide bonds. The molecule has 2 heterocycles. The van der Waals surface area contributed by atoms with Crippen LogP contribution in [0.2, 0.25) is 0 Å². The van der Waals surface area contributed by atoms with Gasteiger partial charge in [0.1, 0.15) is 11.0 Å². The lowest BCUT2D eigenvalue weighted by molar-refractivity contribution is -0.115. The van der Waals surface area contributed by atoms with Gasteiger partial charge >= 0.3 is 0 Å². The van der Waals surface area contributed by atoms with E-state index in [0.29, 0.717) is 23.2 Å². The second-order valence-corrected chi connectivity index (χ2v) is 7.31. The Morgan fingerprint density at radius 1 is 1.03 bits per heavy atom. The average molecular weight is 404 g/mol. The average Bonchev–Trinajstić information content (AvgIpc) is 3.17. The Bertz CT molecular complexity index is 1110. The molecule has 0 aliphatic heterocycles. The van der Waals surface area contributed by atoms with Gasteiger partial charge < -0.3 is 10.1 Å². The number of carbonyl (C=O) groups excluding carboxylic acids is 1. The third-order valence-corrected chi connectivity index (χ3v) is 5.50. The Morgan fingerprint density at radius 2 is 1.79 bits per heavy atom. The topological polar surface area (TPSA) is 68.5 Å². The molecule has 0 aliphatic carbocycles. The van der Waals surface area contributed by atoms with Crippen molar-refractivity contribution < 1.29 is 9.53 Å². The molecule has 1 atom stereocenters. The molecule has 7 heteroatoms. The van der Waals surface area contributed by atoms with E-state index in [4.69, 9.17) is 4.74 Å². The van der Waals surface area contributed by atoms with Crippen molar-refractivity contribution in [2.24, 2.45) is 0 Å². The zero-order valence-corrected chi connectivity index (χ0v) is 16.7. The summed E-state index contributed by atoms with van der Waals surface area (Å²) in [5.41, 5.74) is 2.27. The summed E-state index contributed by atoms with van der Waals surface area (Å²) in [7, 11) is 0. The van der Waals surface area contributed by atoms with Crippen LogP contribution in [0.25, 0.3) is 5.65 Å². The summed E-state index contributed by atoms with van der Waals surface area (Å²) in [6.07, 6.45) is 1.89. The molecule has 0 spiro atoms. The summed E-state index contributed by atoms with van der Waals surface area (Å²) in [5, 5.41) is 11.6. The second-order valence-electron chi connectivity index (χ2n) is 6.24. The van der Waals surface area contributed by atoms with Crippen LogP contribution < -0.4 is 10.1 Å². The van der Waals surface area contributed by atoms with Gasteiger partial charge in [0.2, 0.25) is 5.91 Å². The van der Waals surface area contributed by atoms with Crippen molar-refractivity contribution in [3.8, 4) is 5.75 Å². The van der Waals surface area contributed by atoms with Crippen LogP contribution >= 0.6 is 11.8 Å². The van der Waals surface area contributed by atoms with Crippen molar-refractivity contribution in [3.63, 3.8) is 0 Å². The van der Waals surface area contributed by atoms with Crippen LogP contribution in [0.15, 0.2) is 84.1 Å². The van der Waals surface area contributed by atoms with Gasteiger partial charge in [0.25, 0.3) is 0 Å². The number of carbonyl (C=O) groups is 1. The lowest BCUT2D eigenvalue weighted by Crippen LogP contribution is -2.20. The quantitative estimate of drug-likeness (QED) is 0.456. The number of amides is 1. The van der Waals surface area contributed by atoms with E-state index < -0.39 is 5.25 Å². The van der Waals surface area contributed by atoms with Gasteiger partial charge in [0.15, 0.2) is 10.8 Å². The fourth-order valence-corrected chi connectivity index (χ4v) is 3.98. The standard InChI is InChI=1S/C22H20N4O2S/c1-2-28-18-13-7-6-12-17(18)23-21(27)20(16-10-4-3-5-11-16)29-22-25-24-19-14-8-9-15-26(19)22/h3-15,20H,2H2,1H3,(H,23,27)/t20-/m0/s1. The van der Waals surface area contributed by atoms with Gasteiger partial charge in [-0.1, -0.05) is 60.3 Å². The summed E-state index contributed by atoms with van der Waals surface area (Å²) in [6.45, 7) is 2.44. The van der Waals surface area contributed by atoms with E-state index in [2.05, 4.69) is 15.5 Å². The van der Waals surface area contributed by atoms with Crippen molar-refractivity contribution in [1.29, 1.82) is 0 Å². The molecule has 0 radical (unpaired) electrons. The zero-order valence-electron chi connectivity index (χ0n) is 15.9. The maximum absolute atomic E-state index is 13.3. The Balaban J connectivity index is 1.65. The number of para-hydroxylation sites is 2. The first kappa shape index (κ1) is 19.0. The first-order valence-corrected chi connectivity index (χ1v) is 10.2. The maximum atomic E-state index is 13.3. The van der Waals surface area contributed by atoms with E-state index in [-0.39, 0.29) is 5.91 Å². The van der Waals surface area contributed by atoms with Crippen LogP contribution in [0.5, 0.6) is 5.75 Å². The molecule has 0 unspecified atom stereocenters. The fourth-order valence-electron chi connectivity index (χ4n) is 2.96. The number of pyridine rings is 1. The lowest BCUT2D eigenvalue weighted by atomic mass is 10.1. The highest BCUT2D eigenvalue weighted by molar-refractivity contribution is 8.00. The number of nitrogens with zero attached hydrogens (tertiary/aromatic N) is 3. The predicted octanol–water partition coefficient (Wildman–Crippen LogP) is 4.60. The van der Waals surface area contributed by atoms with E-state index >= 15 is 0 Å². The lowest BCUT2D eigenvalue weighted by Gasteiger charge is -2.17. The van der Waals surface area contributed by atoms with Crippen LogP contribution in [-0.2, 0) is 4.79 Å². The third kappa shape index (κ3) is 4.25. The molecular weight excluding hydrogens is 384 g/mol. The van der Waals surface area contributed by atoms with Gasteiger partial charge in [0, 0.05) is 6.20 Å². The number of anilines is 1. The number of thioether (sulfide) groups is 1. The van der Waals surface area contributed by atoms with Crippen LogP contribution in [0.4, 0.5) is 5.69 Å². The summed E-state index contributed by atoms with van der Waals surface area (Å²) < 4.78 is 7.52. The summed E-state index contributed by atoms with van der Waals surface area (Å²) >= 11 is 1.36. The van der Waals surface area contributed by atoms with Crippen molar-refractivity contribution in [2.75, 3.05) is 11.9 Å². The Kier molecular flexibility index (Phi) is 5.76. The molecule has 29 heavy (non-hydrogen) atoms. The summed E-state index contributed by atoms with van der Waals surface area (Å²) in [4.78, 5) is 13.3. The molecule has 1 N–H and O–H groups in total. The minimum atomic E-state index is -0.501. The number of ether oxygens (including phenoxy) is 1. The fraction of sp³-hybridized carbons (Fsp3) is 0.136. The van der Waals surface area contributed by atoms with E-state index in [1.54, 1.807) is 0 Å². The highest BCUT2D eigenvalue weighted by Gasteiger charge is 2.25. The minimum absolute atomic E-state index is 0.152. The molecule has 0 saturated carbocycles. The van der Waals surface area contributed by atoms with Crippen molar-refractivity contribution in [3.05, 3.63) is 84.6 Å². The smallest absolute Gasteiger partial charge is 0.242 e. The molecule has 4 rings (SSSR count). The first-order valence-electron chi connectivity index (χ1n) is 9.30. The molecule has 0 fully saturated rings. The van der Waals surface area contributed by atoms with Crippen LogP contribution in [0, 0.1) is 0 Å². The molecule has 0 saturated heterocycles. The number of nitrogens with one attached hydrogen (secondary N) is 1. The van der Waals surface area contributed by atoms with E-state index in [9.17, 15) is 4.79 Å². The first-order chi connectivity index (χ1) is 14.3. The van der Waals surface area contributed by atoms with Gasteiger partial charge in [-0.05, 0) is 36.8 Å². The molecule has 2 aromatic heterocycles. The molecular formula is C22H20N4O2S. The van der Waals surface area contributed by atoms with Crippen LogP contribution in [0.1, 0.15) is 17.7 Å². The van der Waals surface area contributed by atoms with Crippen molar-refractivity contribution >= 4 is 29.0 Å². The molecule has 0 aliphatic rings. The number of fused-ring (bicyclic) bond motifs is 1. The van der Waals surface area contributed by atoms with E-state index in [1.165, 1.54) is 11.8 Å². The number of aromatic nitrogens is 3. The number of hydrogen-bond donors (Lipinski definition) is 1. The Labute approximate surface area is 172 Å². The molecule has 6 nitrogen and oxygen atoms in total. The largest absolute Gasteiger partial charge is 0.492 e. The zero-order chi connectivity index (χ0) is 20.1. The van der Waals surface area contributed by atoms with E-state index in [0.717, 1.165) is 11.2 Å². The molecule has 4 aromatic rings. The molecule has 0 bridgehead atoms. The Morgan fingerprint density at radius 3 is 2.62 bits per heavy atom. The third-order valence-electron chi connectivity index (χ3n) is 4.29. The minimum Gasteiger partial charge on any atom is -0.492 e. The predicted molar refractivity (Wildman–Crippen MR) is 114 cm³/mol. The molecule has 2 aromatic carbocycles. The van der Waals surface area contributed by atoms with Gasteiger partial charge in [-0.15, -0.1) is 10.2 Å². The number of benzene rings is 2. The van der Waals surface area contributed by atoms with Crippen LogP contribution in [0.3, 0.4) is 0 Å². The van der Waals surface area contributed by atoms with Gasteiger partial charge in [-0.2, -0.15) is 0 Å². The van der Waals surface area contributed by atoms with Crippen molar-refractivity contribution in [1.82, 2.24) is 14.6 Å². The second kappa shape index (κ2) is 8.79. The SMILES string of the molecule is CCOc1ccccc1NC(=O)[C@@H](Sc1nnc2ccccn12)c1ccccc1. The Hall–Kier alpha value is -3.32. The van der Waals surface area contributed by atoms with Crippen molar-refractivity contribution in [2.45, 2.75) is 17.3 Å². The highest BCUT2D eigenvalue weighted by Crippen LogP contribution is 2.36. The number of rotatable bonds is 7. The van der Waals surface area contributed by atoms with Gasteiger partial charge in [-0.25, -0.2) is 0 Å². The van der Waals surface area contributed by atoms with Gasteiger partial charge in [0.05, 0.1) is 12.3 Å². The maximum Gasteiger partial charge on any atom is 0.242 e. The summed E-state index contributed by atoms with van der Waals surface area (Å²) in [5.74, 6) is 0.495. The summed E-state index contributed by atoms with van der Waals surface area (Å²) in [6, 6.07) is 22.8. The van der Waals surface area contributed by atoms with Gasteiger partial charge in [-0.3, -0.25) is 9.20 Å². The van der Waals surface area contributed by atoms with E-state index in [1.807, 2.05) is 90.3 Å². The number of hydrogen-bond acceptors (Lipinski definition) is 5. The molecule has 146 valence electrons. The normalized spacial score (nSPS) is 11.9. The monoisotopic (exact) mass is 404 g/mol. The highest BCUT2D eigenvalue weighted by atomic mass is 32.2. The van der Waals surface area contributed by atoms with Crippen LogP contribution in [-0.4, -0.2) is 27.1 Å².